The third-order valence-electron chi connectivity index (χ3n) is 4.58. The lowest BCUT2D eigenvalue weighted by molar-refractivity contribution is -0.314. The van der Waals surface area contributed by atoms with Gasteiger partial charge in [0.1, 0.15) is 0 Å². The summed E-state index contributed by atoms with van der Waals surface area (Å²) >= 11 is 0. The fraction of sp³-hybridized carbons (Fsp3) is 1.00. The molecule has 1 saturated heterocycles. The Bertz CT molecular complexity index is 345. The molecular formula is C13H18F6O2. The van der Waals surface area contributed by atoms with E-state index in [-0.39, 0.29) is 19.4 Å². The molecule has 0 bridgehead atoms. The Morgan fingerprint density at radius 1 is 1.00 bits per heavy atom. The summed E-state index contributed by atoms with van der Waals surface area (Å²) in [5.74, 6) is -4.73. The number of aliphatic hydroxyl groups is 1. The van der Waals surface area contributed by atoms with Crippen LogP contribution in [0.15, 0.2) is 0 Å². The summed E-state index contributed by atoms with van der Waals surface area (Å²) in [6.07, 6.45) is -10.4. The second-order valence-electron chi connectivity index (χ2n) is 6.04. The first-order valence-electron chi connectivity index (χ1n) is 7.01. The van der Waals surface area contributed by atoms with Crippen LogP contribution in [0, 0.1) is 11.8 Å². The molecule has 1 spiro atoms. The van der Waals surface area contributed by atoms with Crippen LogP contribution in [0.4, 0.5) is 26.3 Å². The predicted octanol–water partition coefficient (Wildman–Crippen LogP) is 3.83. The quantitative estimate of drug-likeness (QED) is 0.784. The fourth-order valence-corrected chi connectivity index (χ4v) is 3.57. The van der Waals surface area contributed by atoms with Gasteiger partial charge in [-0.1, -0.05) is 12.8 Å². The van der Waals surface area contributed by atoms with Crippen molar-refractivity contribution in [3.05, 3.63) is 0 Å². The predicted molar refractivity (Wildman–Crippen MR) is 61.5 cm³/mol. The van der Waals surface area contributed by atoms with Gasteiger partial charge < -0.3 is 9.84 Å². The van der Waals surface area contributed by atoms with Gasteiger partial charge in [-0.2, -0.15) is 26.3 Å². The molecule has 2 aliphatic rings. The van der Waals surface area contributed by atoms with Gasteiger partial charge in [0, 0.05) is 6.61 Å². The van der Waals surface area contributed by atoms with Crippen LogP contribution in [-0.4, -0.2) is 35.8 Å². The first-order valence-corrected chi connectivity index (χ1v) is 7.01. The minimum Gasteiger partial charge on any atom is -0.392 e. The largest absolute Gasteiger partial charge is 0.403 e. The third kappa shape index (κ3) is 3.64. The highest BCUT2D eigenvalue weighted by molar-refractivity contribution is 4.96. The van der Waals surface area contributed by atoms with Gasteiger partial charge >= 0.3 is 12.4 Å². The molecule has 1 N–H and O–H groups in total. The number of rotatable bonds is 2. The Hall–Kier alpha value is -0.500. The topological polar surface area (TPSA) is 29.5 Å². The molecule has 2 nitrogen and oxygen atoms in total. The SMILES string of the molecule is OC(C1CCOC2(CCCC2)C1)C(C(F)(F)F)C(F)(F)F. The summed E-state index contributed by atoms with van der Waals surface area (Å²) in [5.41, 5.74) is -0.633. The van der Waals surface area contributed by atoms with Crippen molar-refractivity contribution < 1.29 is 36.2 Å². The average molecular weight is 320 g/mol. The third-order valence-corrected chi connectivity index (χ3v) is 4.58. The Balaban J connectivity index is 2.15. The van der Waals surface area contributed by atoms with E-state index in [0.717, 1.165) is 12.8 Å². The molecule has 0 aromatic heterocycles. The monoisotopic (exact) mass is 320 g/mol. The van der Waals surface area contributed by atoms with Crippen LogP contribution >= 0.6 is 0 Å². The zero-order chi connectivity index (χ0) is 15.9. The van der Waals surface area contributed by atoms with Crippen molar-refractivity contribution in [1.29, 1.82) is 0 Å². The zero-order valence-electron chi connectivity index (χ0n) is 11.3. The molecule has 0 amide bonds. The Morgan fingerprint density at radius 3 is 2.00 bits per heavy atom. The highest BCUT2D eigenvalue weighted by atomic mass is 19.4. The second kappa shape index (κ2) is 5.61. The van der Waals surface area contributed by atoms with Crippen molar-refractivity contribution in [2.45, 2.75) is 62.6 Å². The maximum Gasteiger partial charge on any atom is 0.403 e. The van der Waals surface area contributed by atoms with E-state index >= 15 is 0 Å². The van der Waals surface area contributed by atoms with Crippen LogP contribution in [0.3, 0.4) is 0 Å². The summed E-state index contributed by atoms with van der Waals surface area (Å²) in [7, 11) is 0. The molecule has 1 heterocycles. The van der Waals surface area contributed by atoms with Crippen LogP contribution < -0.4 is 0 Å². The van der Waals surface area contributed by atoms with Crippen molar-refractivity contribution in [3.63, 3.8) is 0 Å². The fourth-order valence-electron chi connectivity index (χ4n) is 3.57. The van der Waals surface area contributed by atoms with E-state index in [1.165, 1.54) is 0 Å². The van der Waals surface area contributed by atoms with E-state index in [0.29, 0.717) is 12.8 Å². The summed E-state index contributed by atoms with van der Waals surface area (Å²) < 4.78 is 81.7. The molecular weight excluding hydrogens is 302 g/mol. The van der Waals surface area contributed by atoms with Gasteiger partial charge in [-0.05, 0) is 31.6 Å². The van der Waals surface area contributed by atoms with Crippen molar-refractivity contribution in [2.24, 2.45) is 11.8 Å². The molecule has 2 fully saturated rings. The van der Waals surface area contributed by atoms with Crippen molar-refractivity contribution in [3.8, 4) is 0 Å². The molecule has 0 aromatic carbocycles. The number of hydrogen-bond donors (Lipinski definition) is 1. The van der Waals surface area contributed by atoms with Crippen molar-refractivity contribution >= 4 is 0 Å². The molecule has 124 valence electrons. The summed E-state index contributed by atoms with van der Waals surface area (Å²) in [6.45, 7) is 0.101. The minimum atomic E-state index is -5.50. The lowest BCUT2D eigenvalue weighted by atomic mass is 9.77. The first-order chi connectivity index (χ1) is 9.55. The first kappa shape index (κ1) is 16.9. The normalized spacial score (nSPS) is 28.3. The maximum atomic E-state index is 12.7. The van der Waals surface area contributed by atoms with Gasteiger partial charge in [0.2, 0.25) is 0 Å². The highest BCUT2D eigenvalue weighted by Gasteiger charge is 2.62. The van der Waals surface area contributed by atoms with Gasteiger partial charge in [0.15, 0.2) is 5.92 Å². The molecule has 2 unspecified atom stereocenters. The molecule has 0 radical (unpaired) electrons. The van der Waals surface area contributed by atoms with E-state index in [1.54, 1.807) is 0 Å². The van der Waals surface area contributed by atoms with Crippen LogP contribution in [0.1, 0.15) is 38.5 Å². The number of halogens is 6. The van der Waals surface area contributed by atoms with E-state index in [1.807, 2.05) is 0 Å². The van der Waals surface area contributed by atoms with Gasteiger partial charge in [-0.15, -0.1) is 0 Å². The van der Waals surface area contributed by atoms with Gasteiger partial charge in [0.05, 0.1) is 11.7 Å². The zero-order valence-corrected chi connectivity index (χ0v) is 11.3. The van der Waals surface area contributed by atoms with Gasteiger partial charge in [-0.3, -0.25) is 0 Å². The van der Waals surface area contributed by atoms with Crippen LogP contribution in [-0.2, 0) is 4.74 Å². The second-order valence-corrected chi connectivity index (χ2v) is 6.04. The maximum absolute atomic E-state index is 12.7. The molecule has 2 rings (SSSR count). The standard InChI is InChI=1S/C13H18F6O2/c14-12(15,16)10(13(17,18)19)9(20)8-3-6-21-11(7-8)4-1-2-5-11/h8-10,20H,1-7H2. The minimum absolute atomic E-state index is 0.0194. The van der Waals surface area contributed by atoms with Crippen LogP contribution in [0.5, 0.6) is 0 Å². The highest BCUT2D eigenvalue weighted by Crippen LogP contribution is 2.48. The molecule has 8 heteroatoms. The van der Waals surface area contributed by atoms with Crippen molar-refractivity contribution in [1.82, 2.24) is 0 Å². The summed E-state index contributed by atoms with van der Waals surface area (Å²) in [5, 5.41) is 9.75. The number of alkyl halides is 6. The lowest BCUT2D eigenvalue weighted by Gasteiger charge is -2.42. The Morgan fingerprint density at radius 2 is 1.52 bits per heavy atom. The Kier molecular flexibility index (Phi) is 4.50. The Labute approximate surface area is 118 Å². The molecule has 21 heavy (non-hydrogen) atoms. The van der Waals surface area contributed by atoms with E-state index in [4.69, 9.17) is 4.74 Å². The molecule has 0 aromatic rings. The van der Waals surface area contributed by atoms with Gasteiger partial charge in [0.25, 0.3) is 0 Å². The van der Waals surface area contributed by atoms with E-state index in [2.05, 4.69) is 0 Å². The van der Waals surface area contributed by atoms with E-state index < -0.39 is 35.9 Å². The van der Waals surface area contributed by atoms with Crippen LogP contribution in [0.2, 0.25) is 0 Å². The number of ether oxygens (including phenoxy) is 1. The molecule has 1 aliphatic heterocycles. The lowest BCUT2D eigenvalue weighted by Crippen LogP contribution is -2.51. The smallest absolute Gasteiger partial charge is 0.392 e. The summed E-state index contributed by atoms with van der Waals surface area (Å²) in [6, 6.07) is 0. The van der Waals surface area contributed by atoms with Gasteiger partial charge in [-0.25, -0.2) is 0 Å². The van der Waals surface area contributed by atoms with E-state index in [9.17, 15) is 31.4 Å². The number of hydrogen-bond acceptors (Lipinski definition) is 2. The average Bonchev–Trinajstić information content (AvgIpc) is 2.73. The summed E-state index contributed by atoms with van der Waals surface area (Å²) in [4.78, 5) is 0. The van der Waals surface area contributed by atoms with Crippen molar-refractivity contribution in [2.75, 3.05) is 6.61 Å². The molecule has 2 atom stereocenters. The number of aliphatic hydroxyl groups excluding tert-OH is 1. The molecule has 1 aliphatic carbocycles. The van der Waals surface area contributed by atoms with Crippen LogP contribution in [0.25, 0.3) is 0 Å². The molecule has 1 saturated carbocycles.